The van der Waals surface area contributed by atoms with Crippen molar-refractivity contribution in [2.75, 3.05) is 0 Å². The largest absolute Gasteiger partial charge is 0.331 e. The summed E-state index contributed by atoms with van der Waals surface area (Å²) in [6.45, 7) is 6.39. The smallest absolute Gasteiger partial charge is 0.178 e. The van der Waals surface area contributed by atoms with Crippen LogP contribution < -0.4 is 0 Å². The highest BCUT2D eigenvalue weighted by Crippen LogP contribution is 2.29. The predicted molar refractivity (Wildman–Crippen MR) is 76.3 cm³/mol. The van der Waals surface area contributed by atoms with Crippen LogP contribution in [-0.2, 0) is 0 Å². The number of aromatic nitrogens is 2. The summed E-state index contributed by atoms with van der Waals surface area (Å²) in [6.07, 6.45) is 0.948. The number of H-pyrrole nitrogens is 1. The highest BCUT2D eigenvalue weighted by atomic mass is 35.5. The Kier molecular flexibility index (Phi) is 3.78. The van der Waals surface area contributed by atoms with E-state index >= 15 is 0 Å². The lowest BCUT2D eigenvalue weighted by molar-refractivity contribution is 0.370. The quantitative estimate of drug-likeness (QED) is 0.779. The Hall–Kier alpha value is -0.870. The molecule has 0 aliphatic rings. The van der Waals surface area contributed by atoms with Gasteiger partial charge in [-0.2, -0.15) is 0 Å². The van der Waals surface area contributed by atoms with E-state index < -0.39 is 5.82 Å². The molecule has 0 fully saturated rings. The molecule has 1 atom stereocenters. The molecule has 1 N–H and O–H groups in total. The Morgan fingerprint density at radius 3 is 2.67 bits per heavy atom. The molecule has 5 heteroatoms. The lowest BCUT2D eigenvalue weighted by Gasteiger charge is -2.21. The van der Waals surface area contributed by atoms with E-state index in [1.165, 1.54) is 6.07 Å². The average Bonchev–Trinajstić information content (AvgIpc) is 2.57. The van der Waals surface area contributed by atoms with Gasteiger partial charge in [-0.15, -0.1) is 0 Å². The zero-order chi connectivity index (χ0) is 13.4. The van der Waals surface area contributed by atoms with Crippen LogP contribution in [0.3, 0.4) is 0 Å². The summed E-state index contributed by atoms with van der Waals surface area (Å²) in [6, 6.07) is 3.30. The summed E-state index contributed by atoms with van der Waals surface area (Å²) < 4.78 is 16.2. The number of halogens is 2. The van der Waals surface area contributed by atoms with Crippen molar-refractivity contribution in [2.45, 2.75) is 33.2 Å². The molecule has 1 aromatic heterocycles. The van der Waals surface area contributed by atoms with Crippen LogP contribution in [0.2, 0.25) is 5.02 Å². The maximum atomic E-state index is 13.6. The summed E-state index contributed by atoms with van der Waals surface area (Å²) >= 11 is 11.1. The molecule has 0 aliphatic heterocycles. The van der Waals surface area contributed by atoms with Gasteiger partial charge in [-0.3, -0.25) is 0 Å². The van der Waals surface area contributed by atoms with Crippen LogP contribution in [0.4, 0.5) is 4.39 Å². The van der Waals surface area contributed by atoms with Gasteiger partial charge in [0.1, 0.15) is 5.82 Å². The molecule has 0 aliphatic carbocycles. The van der Waals surface area contributed by atoms with Gasteiger partial charge in [0.25, 0.3) is 0 Å². The van der Waals surface area contributed by atoms with Gasteiger partial charge in [0.15, 0.2) is 4.77 Å². The van der Waals surface area contributed by atoms with Crippen LogP contribution in [-0.4, -0.2) is 9.55 Å². The summed E-state index contributed by atoms with van der Waals surface area (Å²) in [5, 5.41) is 0.114. The molecular formula is C13H16ClFN2S. The molecule has 0 radical (unpaired) electrons. The minimum Gasteiger partial charge on any atom is -0.331 e. The van der Waals surface area contributed by atoms with E-state index in [-0.39, 0.29) is 11.1 Å². The Morgan fingerprint density at radius 1 is 1.44 bits per heavy atom. The van der Waals surface area contributed by atoms with Gasteiger partial charge in [0.2, 0.25) is 0 Å². The summed E-state index contributed by atoms with van der Waals surface area (Å²) in [5.74, 6) is 0.0185. The first-order valence-corrected chi connectivity index (χ1v) is 6.83. The fourth-order valence-corrected chi connectivity index (χ4v) is 2.91. The molecular weight excluding hydrogens is 271 g/mol. The van der Waals surface area contributed by atoms with E-state index in [0.717, 1.165) is 17.5 Å². The second kappa shape index (κ2) is 5.02. The van der Waals surface area contributed by atoms with Crippen molar-refractivity contribution in [2.24, 2.45) is 5.92 Å². The molecule has 2 aromatic rings. The minimum atomic E-state index is -0.412. The van der Waals surface area contributed by atoms with Crippen LogP contribution in [0, 0.1) is 16.5 Å². The third kappa shape index (κ3) is 2.19. The van der Waals surface area contributed by atoms with E-state index in [1.807, 2.05) is 4.57 Å². The number of fused-ring (bicyclic) bond motifs is 1. The van der Waals surface area contributed by atoms with Crippen LogP contribution >= 0.6 is 23.8 Å². The normalized spacial score (nSPS) is 13.4. The number of nitrogens with one attached hydrogen (secondary N) is 1. The van der Waals surface area contributed by atoms with Crippen molar-refractivity contribution in [1.82, 2.24) is 9.55 Å². The lowest BCUT2D eigenvalue weighted by atomic mass is 10.0. The van der Waals surface area contributed by atoms with Crippen LogP contribution in [0.5, 0.6) is 0 Å². The van der Waals surface area contributed by atoms with Crippen LogP contribution in [0.25, 0.3) is 11.0 Å². The molecule has 0 bridgehead atoms. The molecule has 2 nitrogen and oxygen atoms in total. The molecule has 1 unspecified atom stereocenters. The summed E-state index contributed by atoms with van der Waals surface area (Å²) in [4.78, 5) is 3.09. The van der Waals surface area contributed by atoms with E-state index in [2.05, 4.69) is 25.8 Å². The Labute approximate surface area is 116 Å². The van der Waals surface area contributed by atoms with E-state index in [4.69, 9.17) is 23.8 Å². The monoisotopic (exact) mass is 286 g/mol. The van der Waals surface area contributed by atoms with Crippen molar-refractivity contribution < 1.29 is 4.39 Å². The zero-order valence-corrected chi connectivity index (χ0v) is 12.2. The lowest BCUT2D eigenvalue weighted by Crippen LogP contribution is -2.14. The Balaban J connectivity index is 2.74. The molecule has 98 valence electrons. The standard InChI is InChI=1S/C13H16ClFN2S/c1-4-11(7(2)3)17-12-6-9(15)8(14)5-10(12)16-13(17)18/h5-7,11H,4H2,1-3H3,(H,16,18). The molecule has 1 heterocycles. The first-order chi connectivity index (χ1) is 8.45. The zero-order valence-electron chi connectivity index (χ0n) is 10.6. The number of hydrogen-bond donors (Lipinski definition) is 1. The van der Waals surface area contributed by atoms with Gasteiger partial charge < -0.3 is 9.55 Å². The van der Waals surface area contributed by atoms with Gasteiger partial charge in [-0.25, -0.2) is 4.39 Å². The van der Waals surface area contributed by atoms with Gasteiger partial charge in [0.05, 0.1) is 16.1 Å². The average molecular weight is 287 g/mol. The first-order valence-electron chi connectivity index (χ1n) is 6.05. The fourth-order valence-electron chi connectivity index (χ4n) is 2.40. The molecule has 0 saturated heterocycles. The highest BCUT2D eigenvalue weighted by molar-refractivity contribution is 7.71. The first kappa shape index (κ1) is 13.6. The second-order valence-corrected chi connectivity index (χ2v) is 5.60. The highest BCUT2D eigenvalue weighted by Gasteiger charge is 2.18. The van der Waals surface area contributed by atoms with Crippen molar-refractivity contribution in [1.29, 1.82) is 0 Å². The third-order valence-corrected chi connectivity index (χ3v) is 3.87. The molecule has 0 amide bonds. The van der Waals surface area contributed by atoms with Crippen LogP contribution in [0.1, 0.15) is 33.2 Å². The number of imidazole rings is 1. The van der Waals surface area contributed by atoms with Gasteiger partial charge in [-0.05, 0) is 30.6 Å². The van der Waals surface area contributed by atoms with Gasteiger partial charge >= 0.3 is 0 Å². The minimum absolute atomic E-state index is 0.114. The molecule has 0 saturated carbocycles. The second-order valence-electron chi connectivity index (χ2n) is 4.80. The number of benzene rings is 1. The van der Waals surface area contributed by atoms with Crippen molar-refractivity contribution in [3.63, 3.8) is 0 Å². The Morgan fingerprint density at radius 2 is 2.11 bits per heavy atom. The maximum absolute atomic E-state index is 13.6. The number of hydrogen-bond acceptors (Lipinski definition) is 1. The van der Waals surface area contributed by atoms with Crippen molar-refractivity contribution >= 4 is 34.9 Å². The molecule has 1 aromatic carbocycles. The number of rotatable bonds is 3. The molecule has 18 heavy (non-hydrogen) atoms. The number of aromatic amines is 1. The van der Waals surface area contributed by atoms with E-state index in [0.29, 0.717) is 10.7 Å². The van der Waals surface area contributed by atoms with Gasteiger partial charge in [0, 0.05) is 12.1 Å². The van der Waals surface area contributed by atoms with Crippen LogP contribution in [0.15, 0.2) is 12.1 Å². The molecule has 2 rings (SSSR count). The Bertz CT molecular complexity index is 630. The van der Waals surface area contributed by atoms with E-state index in [1.54, 1.807) is 6.07 Å². The number of nitrogens with zero attached hydrogens (tertiary/aromatic N) is 1. The SMILES string of the molecule is CCC(C(C)C)n1c(=S)[nH]c2cc(Cl)c(F)cc21. The summed E-state index contributed by atoms with van der Waals surface area (Å²) in [5.41, 5.74) is 1.56. The van der Waals surface area contributed by atoms with E-state index in [9.17, 15) is 4.39 Å². The fraction of sp³-hybridized carbons (Fsp3) is 0.462. The topological polar surface area (TPSA) is 20.7 Å². The maximum Gasteiger partial charge on any atom is 0.178 e. The summed E-state index contributed by atoms with van der Waals surface area (Å²) in [7, 11) is 0. The van der Waals surface area contributed by atoms with Gasteiger partial charge in [-0.1, -0.05) is 32.4 Å². The van der Waals surface area contributed by atoms with Crippen molar-refractivity contribution in [3.05, 3.63) is 27.7 Å². The molecule has 0 spiro atoms. The predicted octanol–water partition coefficient (Wildman–Crippen LogP) is 5.10. The van der Waals surface area contributed by atoms with Crippen molar-refractivity contribution in [3.8, 4) is 0 Å². The third-order valence-electron chi connectivity index (χ3n) is 3.28.